The third kappa shape index (κ3) is 2.74. The Morgan fingerprint density at radius 2 is 1.85 bits per heavy atom. The molecule has 0 saturated heterocycles. The van der Waals surface area contributed by atoms with Gasteiger partial charge in [0.1, 0.15) is 5.82 Å². The molecule has 2 heteroatoms. The molecule has 0 spiro atoms. The first-order valence-electron chi connectivity index (χ1n) is 6.92. The Bertz CT molecular complexity index is 673. The van der Waals surface area contributed by atoms with E-state index in [0.717, 1.165) is 18.4 Å². The fourth-order valence-corrected chi connectivity index (χ4v) is 2.54. The van der Waals surface area contributed by atoms with Crippen molar-refractivity contribution in [3.8, 4) is 0 Å². The van der Waals surface area contributed by atoms with Crippen molar-refractivity contribution in [3.05, 3.63) is 76.7 Å². The highest BCUT2D eigenvalue weighted by molar-refractivity contribution is 5.74. The minimum absolute atomic E-state index is 0.156. The van der Waals surface area contributed by atoms with Crippen LogP contribution >= 0.6 is 0 Å². The summed E-state index contributed by atoms with van der Waals surface area (Å²) in [6.45, 7) is 1.97. The first-order chi connectivity index (χ1) is 9.63. The largest absolute Gasteiger partial charge is 0.347 e. The summed E-state index contributed by atoms with van der Waals surface area (Å²) in [4.78, 5) is 2.13. The standard InChI is InChI=1S/C18H18FN/c1-13-10-17(19)9-8-15(13)7-6-14-4-3-5-16(11-14)18-12-20(18)2/h3-5,8-12H,6-7H2,1-2H3. The molecule has 0 saturated carbocycles. The van der Waals surface area contributed by atoms with Crippen LogP contribution in [-0.4, -0.2) is 11.9 Å². The molecular formula is C18H18FN. The van der Waals surface area contributed by atoms with E-state index in [0.29, 0.717) is 0 Å². The smallest absolute Gasteiger partial charge is 0.123 e. The van der Waals surface area contributed by atoms with Crippen molar-refractivity contribution in [2.24, 2.45) is 0 Å². The monoisotopic (exact) mass is 267 g/mol. The summed E-state index contributed by atoms with van der Waals surface area (Å²) in [5.74, 6) is -0.156. The van der Waals surface area contributed by atoms with Crippen LogP contribution in [0.25, 0.3) is 5.70 Å². The van der Waals surface area contributed by atoms with E-state index < -0.39 is 0 Å². The van der Waals surface area contributed by atoms with Crippen LogP contribution in [0.4, 0.5) is 4.39 Å². The predicted octanol–water partition coefficient (Wildman–Crippen LogP) is 4.16. The molecule has 0 fully saturated rings. The molecule has 20 heavy (non-hydrogen) atoms. The van der Waals surface area contributed by atoms with Crippen molar-refractivity contribution in [1.82, 2.24) is 4.90 Å². The number of nitrogens with zero attached hydrogens (tertiary/aromatic N) is 1. The molecule has 1 heterocycles. The van der Waals surface area contributed by atoms with Gasteiger partial charge in [0.05, 0.1) is 5.70 Å². The maximum Gasteiger partial charge on any atom is 0.123 e. The van der Waals surface area contributed by atoms with Crippen LogP contribution in [0.5, 0.6) is 0 Å². The van der Waals surface area contributed by atoms with Crippen molar-refractivity contribution in [3.63, 3.8) is 0 Å². The summed E-state index contributed by atoms with van der Waals surface area (Å²) in [5.41, 5.74) is 6.16. The normalized spacial score (nSPS) is 13.3. The lowest BCUT2D eigenvalue weighted by Gasteiger charge is -2.07. The summed E-state index contributed by atoms with van der Waals surface area (Å²) in [6, 6.07) is 13.7. The Kier molecular flexibility index (Phi) is 3.31. The second-order valence-electron chi connectivity index (χ2n) is 5.40. The van der Waals surface area contributed by atoms with Gasteiger partial charge in [-0.15, -0.1) is 0 Å². The van der Waals surface area contributed by atoms with E-state index >= 15 is 0 Å². The summed E-state index contributed by atoms with van der Waals surface area (Å²) in [6.07, 6.45) is 4.06. The third-order valence-corrected chi connectivity index (χ3v) is 3.84. The van der Waals surface area contributed by atoms with Gasteiger partial charge in [0, 0.05) is 13.2 Å². The van der Waals surface area contributed by atoms with Gasteiger partial charge in [0.2, 0.25) is 0 Å². The van der Waals surface area contributed by atoms with E-state index in [1.165, 1.54) is 22.4 Å². The lowest BCUT2D eigenvalue weighted by Crippen LogP contribution is -1.96. The topological polar surface area (TPSA) is 3.01 Å². The van der Waals surface area contributed by atoms with Gasteiger partial charge in [-0.05, 0) is 60.2 Å². The van der Waals surface area contributed by atoms with Crippen molar-refractivity contribution in [1.29, 1.82) is 0 Å². The van der Waals surface area contributed by atoms with Crippen LogP contribution in [0.1, 0.15) is 22.3 Å². The van der Waals surface area contributed by atoms with Crippen molar-refractivity contribution >= 4 is 5.70 Å². The highest BCUT2D eigenvalue weighted by Crippen LogP contribution is 2.30. The zero-order chi connectivity index (χ0) is 14.1. The lowest BCUT2D eigenvalue weighted by atomic mass is 9.99. The van der Waals surface area contributed by atoms with E-state index in [1.807, 2.05) is 13.0 Å². The first-order valence-corrected chi connectivity index (χ1v) is 6.92. The molecule has 1 aliphatic heterocycles. The van der Waals surface area contributed by atoms with Gasteiger partial charge >= 0.3 is 0 Å². The Balaban J connectivity index is 1.70. The summed E-state index contributed by atoms with van der Waals surface area (Å²) in [7, 11) is 2.06. The number of rotatable bonds is 4. The van der Waals surface area contributed by atoms with Crippen LogP contribution in [-0.2, 0) is 12.8 Å². The van der Waals surface area contributed by atoms with E-state index in [-0.39, 0.29) is 5.82 Å². The molecule has 0 radical (unpaired) electrons. The maximum atomic E-state index is 13.1. The van der Waals surface area contributed by atoms with Crippen molar-refractivity contribution in [2.75, 3.05) is 7.05 Å². The SMILES string of the molecule is Cc1cc(F)ccc1CCc1cccc(C2=CN2C)c1. The van der Waals surface area contributed by atoms with E-state index in [4.69, 9.17) is 0 Å². The van der Waals surface area contributed by atoms with Crippen LogP contribution in [0.2, 0.25) is 0 Å². The molecule has 102 valence electrons. The highest BCUT2D eigenvalue weighted by Gasteiger charge is 2.17. The Morgan fingerprint density at radius 3 is 2.55 bits per heavy atom. The van der Waals surface area contributed by atoms with Gasteiger partial charge < -0.3 is 4.90 Å². The number of hydrogen-bond acceptors (Lipinski definition) is 1. The summed E-state index contributed by atoms with van der Waals surface area (Å²) >= 11 is 0. The van der Waals surface area contributed by atoms with Crippen molar-refractivity contribution in [2.45, 2.75) is 19.8 Å². The maximum absolute atomic E-state index is 13.1. The van der Waals surface area contributed by atoms with Gasteiger partial charge in [-0.3, -0.25) is 0 Å². The quantitative estimate of drug-likeness (QED) is 0.803. The van der Waals surface area contributed by atoms with Gasteiger partial charge in [-0.25, -0.2) is 4.39 Å². The Morgan fingerprint density at radius 1 is 1.05 bits per heavy atom. The third-order valence-electron chi connectivity index (χ3n) is 3.84. The summed E-state index contributed by atoms with van der Waals surface area (Å²) in [5, 5.41) is 0. The molecule has 3 rings (SSSR count). The van der Waals surface area contributed by atoms with Crippen LogP contribution in [0.15, 0.2) is 48.7 Å². The zero-order valence-corrected chi connectivity index (χ0v) is 11.9. The summed E-state index contributed by atoms with van der Waals surface area (Å²) < 4.78 is 13.1. The molecule has 1 nitrogen and oxygen atoms in total. The van der Waals surface area contributed by atoms with Gasteiger partial charge in [0.15, 0.2) is 0 Å². The van der Waals surface area contributed by atoms with E-state index in [1.54, 1.807) is 12.1 Å². The molecule has 0 amide bonds. The Labute approximate surface area is 119 Å². The number of hydrogen-bond donors (Lipinski definition) is 0. The molecule has 0 unspecified atom stereocenters. The average Bonchev–Trinajstić information content (AvgIpc) is 3.15. The molecule has 0 aliphatic carbocycles. The molecule has 0 atom stereocenters. The van der Waals surface area contributed by atoms with E-state index in [9.17, 15) is 4.39 Å². The Hall–Kier alpha value is -2.09. The van der Waals surface area contributed by atoms with Gasteiger partial charge in [-0.1, -0.05) is 24.3 Å². The highest BCUT2D eigenvalue weighted by atomic mass is 19.1. The number of benzene rings is 2. The van der Waals surface area contributed by atoms with E-state index in [2.05, 4.69) is 42.4 Å². The number of aryl methyl sites for hydroxylation is 3. The number of halogens is 1. The van der Waals surface area contributed by atoms with Crippen LogP contribution < -0.4 is 0 Å². The minimum atomic E-state index is -0.156. The molecular weight excluding hydrogens is 249 g/mol. The van der Waals surface area contributed by atoms with Crippen LogP contribution in [0, 0.1) is 12.7 Å². The molecule has 0 aromatic heterocycles. The zero-order valence-electron chi connectivity index (χ0n) is 11.9. The lowest BCUT2D eigenvalue weighted by molar-refractivity contribution is 0.625. The molecule has 0 bridgehead atoms. The second kappa shape index (κ2) is 5.12. The average molecular weight is 267 g/mol. The fraction of sp³-hybridized carbons (Fsp3) is 0.222. The second-order valence-corrected chi connectivity index (χ2v) is 5.40. The molecule has 1 aliphatic rings. The predicted molar refractivity (Wildman–Crippen MR) is 80.7 cm³/mol. The van der Waals surface area contributed by atoms with Crippen LogP contribution in [0.3, 0.4) is 0 Å². The van der Waals surface area contributed by atoms with Gasteiger partial charge in [-0.2, -0.15) is 0 Å². The van der Waals surface area contributed by atoms with Gasteiger partial charge in [0.25, 0.3) is 0 Å². The molecule has 0 N–H and O–H groups in total. The fourth-order valence-electron chi connectivity index (χ4n) is 2.54. The molecule has 2 aromatic carbocycles. The minimum Gasteiger partial charge on any atom is -0.347 e. The van der Waals surface area contributed by atoms with Crippen molar-refractivity contribution < 1.29 is 4.39 Å². The molecule has 2 aromatic rings. The first kappa shape index (κ1) is 12.9.